The normalized spacial score (nSPS) is 19.6. The van der Waals surface area contributed by atoms with E-state index in [0.29, 0.717) is 32.1 Å². The van der Waals surface area contributed by atoms with Gasteiger partial charge in [0, 0.05) is 13.0 Å². The van der Waals surface area contributed by atoms with Crippen LogP contribution in [0.1, 0.15) is 45.6 Å². The molecule has 1 aromatic rings. The van der Waals surface area contributed by atoms with Gasteiger partial charge in [0.2, 0.25) is 5.91 Å². The van der Waals surface area contributed by atoms with Crippen molar-refractivity contribution in [1.29, 1.82) is 0 Å². The zero-order chi connectivity index (χ0) is 15.5. The first kappa shape index (κ1) is 16.0. The Bertz CT molecular complexity index is 467. The van der Waals surface area contributed by atoms with Crippen LogP contribution < -0.4 is 0 Å². The molecule has 0 aromatic heterocycles. The lowest BCUT2D eigenvalue weighted by Crippen LogP contribution is -2.55. The van der Waals surface area contributed by atoms with E-state index in [1.165, 1.54) is 5.56 Å². The number of rotatable bonds is 4. The summed E-state index contributed by atoms with van der Waals surface area (Å²) < 4.78 is 5.51. The van der Waals surface area contributed by atoms with Crippen LogP contribution in [-0.4, -0.2) is 36.1 Å². The standard InChI is InChI=1S/C18H27NO2/c1-14(2)16(15-8-6-5-7-9-15)12-17(20)19-10-11-21-13-18(19,3)4/h5-9,14,16H,10-13H2,1-4H3. The van der Waals surface area contributed by atoms with Gasteiger partial charge in [-0.1, -0.05) is 44.2 Å². The van der Waals surface area contributed by atoms with Crippen molar-refractivity contribution < 1.29 is 9.53 Å². The van der Waals surface area contributed by atoms with Crippen molar-refractivity contribution >= 4 is 5.91 Å². The van der Waals surface area contributed by atoms with Crippen LogP contribution in [0.25, 0.3) is 0 Å². The molecule has 0 saturated carbocycles. The van der Waals surface area contributed by atoms with Gasteiger partial charge in [0.15, 0.2) is 0 Å². The molecule has 1 saturated heterocycles. The quantitative estimate of drug-likeness (QED) is 0.849. The molecule has 0 radical (unpaired) electrons. The molecule has 0 N–H and O–H groups in total. The molecule has 1 unspecified atom stereocenters. The van der Waals surface area contributed by atoms with E-state index in [0.717, 1.165) is 0 Å². The van der Waals surface area contributed by atoms with Crippen molar-refractivity contribution in [3.8, 4) is 0 Å². The Balaban J connectivity index is 2.12. The largest absolute Gasteiger partial charge is 0.377 e. The van der Waals surface area contributed by atoms with E-state index in [1.54, 1.807) is 0 Å². The number of nitrogens with zero attached hydrogens (tertiary/aromatic N) is 1. The lowest BCUT2D eigenvalue weighted by atomic mass is 9.85. The predicted molar refractivity (Wildman–Crippen MR) is 85.2 cm³/mol. The topological polar surface area (TPSA) is 29.5 Å². The van der Waals surface area contributed by atoms with E-state index in [1.807, 2.05) is 23.1 Å². The predicted octanol–water partition coefficient (Wildman–Crippen LogP) is 3.45. The third-order valence-corrected chi connectivity index (χ3v) is 4.37. The Kier molecular flexibility index (Phi) is 5.04. The average Bonchev–Trinajstić information content (AvgIpc) is 2.44. The second-order valence-corrected chi connectivity index (χ2v) is 6.88. The van der Waals surface area contributed by atoms with Gasteiger partial charge in [-0.2, -0.15) is 0 Å². The maximum atomic E-state index is 12.8. The summed E-state index contributed by atoms with van der Waals surface area (Å²) in [4.78, 5) is 14.8. The molecule has 3 nitrogen and oxygen atoms in total. The first-order valence-electron chi connectivity index (χ1n) is 7.85. The van der Waals surface area contributed by atoms with E-state index in [-0.39, 0.29) is 17.4 Å². The molecule has 1 atom stereocenters. The van der Waals surface area contributed by atoms with Crippen molar-refractivity contribution in [2.75, 3.05) is 19.8 Å². The van der Waals surface area contributed by atoms with Crippen LogP contribution in [0.5, 0.6) is 0 Å². The van der Waals surface area contributed by atoms with Gasteiger partial charge >= 0.3 is 0 Å². The van der Waals surface area contributed by atoms with Crippen LogP contribution in [0, 0.1) is 5.92 Å². The molecule has 1 heterocycles. The second kappa shape index (κ2) is 6.61. The summed E-state index contributed by atoms with van der Waals surface area (Å²) in [6.07, 6.45) is 0.575. The number of amides is 1. The molecule has 0 spiro atoms. The fraction of sp³-hybridized carbons (Fsp3) is 0.611. The highest BCUT2D eigenvalue weighted by Crippen LogP contribution is 2.30. The van der Waals surface area contributed by atoms with E-state index < -0.39 is 0 Å². The molecule has 1 aliphatic heterocycles. The van der Waals surface area contributed by atoms with E-state index >= 15 is 0 Å². The highest BCUT2D eigenvalue weighted by Gasteiger charge is 2.35. The molecule has 1 amide bonds. The number of carbonyl (C=O) groups excluding carboxylic acids is 1. The molecule has 2 rings (SSSR count). The van der Waals surface area contributed by atoms with Crippen molar-refractivity contribution in [1.82, 2.24) is 4.90 Å². The van der Waals surface area contributed by atoms with Crippen LogP contribution in [-0.2, 0) is 9.53 Å². The Hall–Kier alpha value is -1.35. The molecule has 0 bridgehead atoms. The third kappa shape index (κ3) is 3.85. The molecule has 1 aromatic carbocycles. The van der Waals surface area contributed by atoms with E-state index in [9.17, 15) is 4.79 Å². The number of morpholine rings is 1. The van der Waals surface area contributed by atoms with E-state index in [2.05, 4.69) is 39.8 Å². The van der Waals surface area contributed by atoms with Gasteiger partial charge in [0.1, 0.15) is 0 Å². The summed E-state index contributed by atoms with van der Waals surface area (Å²) in [5.41, 5.74) is 1.06. The van der Waals surface area contributed by atoms with Crippen molar-refractivity contribution in [2.45, 2.75) is 45.6 Å². The Morgan fingerprint density at radius 3 is 2.52 bits per heavy atom. The first-order valence-corrected chi connectivity index (χ1v) is 7.85. The Morgan fingerprint density at radius 2 is 1.95 bits per heavy atom. The van der Waals surface area contributed by atoms with Gasteiger partial charge in [-0.3, -0.25) is 4.79 Å². The molecule has 116 valence electrons. The van der Waals surface area contributed by atoms with Gasteiger partial charge < -0.3 is 9.64 Å². The van der Waals surface area contributed by atoms with Crippen LogP contribution in [0.15, 0.2) is 30.3 Å². The van der Waals surface area contributed by atoms with Crippen molar-refractivity contribution in [2.24, 2.45) is 5.92 Å². The zero-order valence-electron chi connectivity index (χ0n) is 13.6. The molecular formula is C18H27NO2. The fourth-order valence-corrected chi connectivity index (χ4v) is 3.06. The van der Waals surface area contributed by atoms with Gasteiger partial charge in [0.25, 0.3) is 0 Å². The van der Waals surface area contributed by atoms with Gasteiger partial charge in [-0.15, -0.1) is 0 Å². The SMILES string of the molecule is CC(C)C(CC(=O)N1CCOCC1(C)C)c1ccccc1. The lowest BCUT2D eigenvalue weighted by molar-refractivity contribution is -0.146. The van der Waals surface area contributed by atoms with E-state index in [4.69, 9.17) is 4.74 Å². The van der Waals surface area contributed by atoms with Gasteiger partial charge in [-0.25, -0.2) is 0 Å². The van der Waals surface area contributed by atoms with Crippen LogP contribution >= 0.6 is 0 Å². The fourth-order valence-electron chi connectivity index (χ4n) is 3.06. The summed E-state index contributed by atoms with van der Waals surface area (Å²) in [5.74, 6) is 0.962. The lowest BCUT2D eigenvalue weighted by Gasteiger charge is -2.43. The summed E-state index contributed by atoms with van der Waals surface area (Å²) in [7, 11) is 0. The number of hydrogen-bond acceptors (Lipinski definition) is 2. The number of benzene rings is 1. The first-order chi connectivity index (χ1) is 9.92. The highest BCUT2D eigenvalue weighted by molar-refractivity contribution is 5.78. The maximum absolute atomic E-state index is 12.8. The third-order valence-electron chi connectivity index (χ3n) is 4.37. The minimum absolute atomic E-state index is 0.201. The molecule has 21 heavy (non-hydrogen) atoms. The summed E-state index contributed by atoms with van der Waals surface area (Å²) in [6.45, 7) is 10.5. The Morgan fingerprint density at radius 1 is 1.29 bits per heavy atom. The molecular weight excluding hydrogens is 262 g/mol. The number of hydrogen-bond donors (Lipinski definition) is 0. The molecule has 0 aliphatic carbocycles. The number of ether oxygens (including phenoxy) is 1. The molecule has 1 fully saturated rings. The van der Waals surface area contributed by atoms with Crippen LogP contribution in [0.3, 0.4) is 0 Å². The maximum Gasteiger partial charge on any atom is 0.223 e. The van der Waals surface area contributed by atoms with Gasteiger partial charge in [0.05, 0.1) is 18.8 Å². The zero-order valence-corrected chi connectivity index (χ0v) is 13.6. The monoisotopic (exact) mass is 289 g/mol. The Labute approximate surface area is 128 Å². The highest BCUT2D eigenvalue weighted by atomic mass is 16.5. The minimum Gasteiger partial charge on any atom is -0.377 e. The van der Waals surface area contributed by atoms with Crippen molar-refractivity contribution in [3.05, 3.63) is 35.9 Å². The van der Waals surface area contributed by atoms with Crippen LogP contribution in [0.2, 0.25) is 0 Å². The summed E-state index contributed by atoms with van der Waals surface area (Å²) in [5, 5.41) is 0. The minimum atomic E-state index is -0.201. The second-order valence-electron chi connectivity index (χ2n) is 6.88. The van der Waals surface area contributed by atoms with Crippen LogP contribution in [0.4, 0.5) is 0 Å². The smallest absolute Gasteiger partial charge is 0.223 e. The summed E-state index contributed by atoms with van der Waals surface area (Å²) >= 11 is 0. The molecule has 1 aliphatic rings. The summed E-state index contributed by atoms with van der Waals surface area (Å²) in [6, 6.07) is 10.4. The number of carbonyl (C=O) groups is 1. The average molecular weight is 289 g/mol. The molecule has 3 heteroatoms. The van der Waals surface area contributed by atoms with Gasteiger partial charge in [-0.05, 0) is 31.2 Å². The van der Waals surface area contributed by atoms with Crippen molar-refractivity contribution in [3.63, 3.8) is 0 Å².